The van der Waals surface area contributed by atoms with Crippen molar-refractivity contribution in [2.75, 3.05) is 19.7 Å². The number of hydrogen-bond acceptors (Lipinski definition) is 3. The fourth-order valence-corrected chi connectivity index (χ4v) is 1.88. The Bertz CT molecular complexity index is 260. The monoisotopic (exact) mass is 215 g/mol. The molecule has 0 saturated heterocycles. The summed E-state index contributed by atoms with van der Waals surface area (Å²) in [6, 6.07) is 0. The smallest absolute Gasteiger partial charge is 0.319 e. The van der Waals surface area contributed by atoms with Crippen LogP contribution in [-0.4, -0.2) is 46.7 Å². The van der Waals surface area contributed by atoms with Crippen molar-refractivity contribution in [3.05, 3.63) is 0 Å². The van der Waals surface area contributed by atoms with Gasteiger partial charge in [-0.2, -0.15) is 0 Å². The number of aliphatic hydroxyl groups excluding tert-OH is 1. The molecule has 1 aliphatic carbocycles. The Balaban J connectivity index is 2.76. The topological polar surface area (TPSA) is 77.8 Å². The maximum absolute atomic E-state index is 11.9. The summed E-state index contributed by atoms with van der Waals surface area (Å²) in [5.41, 5.74) is -1.20. The maximum Gasteiger partial charge on any atom is 0.319 e. The predicted octanol–water partition coefficient (Wildman–Crippen LogP) is 0.0821. The number of carbonyl (C=O) groups excluding carboxylic acids is 1. The maximum atomic E-state index is 11.9. The van der Waals surface area contributed by atoms with Gasteiger partial charge >= 0.3 is 5.97 Å². The number of carbonyl (C=O) groups is 2. The van der Waals surface area contributed by atoms with Crippen molar-refractivity contribution >= 4 is 11.9 Å². The molecule has 0 aromatic heterocycles. The Morgan fingerprint density at radius 2 is 2.00 bits per heavy atom. The summed E-state index contributed by atoms with van der Waals surface area (Å²) in [7, 11) is 0. The van der Waals surface area contributed by atoms with E-state index in [4.69, 9.17) is 10.2 Å². The minimum Gasteiger partial charge on any atom is -0.480 e. The van der Waals surface area contributed by atoms with Gasteiger partial charge in [-0.1, -0.05) is 6.42 Å². The van der Waals surface area contributed by atoms with Gasteiger partial charge in [0.1, 0.15) is 5.41 Å². The largest absolute Gasteiger partial charge is 0.480 e. The third-order valence-corrected chi connectivity index (χ3v) is 3.06. The van der Waals surface area contributed by atoms with Gasteiger partial charge in [-0.05, 0) is 19.8 Å². The highest BCUT2D eigenvalue weighted by molar-refractivity contribution is 6.02. The molecule has 0 unspecified atom stereocenters. The lowest BCUT2D eigenvalue weighted by atomic mass is 9.67. The van der Waals surface area contributed by atoms with Crippen LogP contribution in [0.3, 0.4) is 0 Å². The molecule has 0 spiro atoms. The summed E-state index contributed by atoms with van der Waals surface area (Å²) in [5, 5.41) is 17.8. The Morgan fingerprint density at radius 3 is 2.27 bits per heavy atom. The molecular weight excluding hydrogens is 198 g/mol. The van der Waals surface area contributed by atoms with Crippen molar-refractivity contribution in [1.82, 2.24) is 4.90 Å². The number of carboxylic acids is 1. The fourth-order valence-electron chi connectivity index (χ4n) is 1.88. The molecule has 1 amide bonds. The quantitative estimate of drug-likeness (QED) is 0.637. The fraction of sp³-hybridized carbons (Fsp3) is 0.800. The molecule has 0 aromatic rings. The lowest BCUT2D eigenvalue weighted by Gasteiger charge is -2.39. The van der Waals surface area contributed by atoms with Crippen molar-refractivity contribution < 1.29 is 19.8 Å². The van der Waals surface area contributed by atoms with E-state index in [1.807, 2.05) is 0 Å². The molecule has 1 fully saturated rings. The number of rotatable bonds is 5. The minimum absolute atomic E-state index is 0.130. The first kappa shape index (κ1) is 12.0. The molecule has 5 nitrogen and oxygen atoms in total. The molecule has 86 valence electrons. The van der Waals surface area contributed by atoms with Gasteiger partial charge < -0.3 is 15.1 Å². The van der Waals surface area contributed by atoms with E-state index in [2.05, 4.69) is 0 Å². The summed E-state index contributed by atoms with van der Waals surface area (Å²) in [6.45, 7) is 2.30. The summed E-state index contributed by atoms with van der Waals surface area (Å²) in [6.07, 6.45) is 1.63. The first-order valence-corrected chi connectivity index (χ1v) is 5.22. The van der Waals surface area contributed by atoms with Crippen LogP contribution >= 0.6 is 0 Å². The van der Waals surface area contributed by atoms with Crippen molar-refractivity contribution in [3.8, 4) is 0 Å². The highest BCUT2D eigenvalue weighted by Gasteiger charge is 2.52. The normalized spacial score (nSPS) is 18.0. The Kier molecular flexibility index (Phi) is 3.68. The average molecular weight is 215 g/mol. The average Bonchev–Trinajstić information content (AvgIpc) is 2.11. The van der Waals surface area contributed by atoms with Crippen LogP contribution in [0.4, 0.5) is 0 Å². The molecule has 2 N–H and O–H groups in total. The van der Waals surface area contributed by atoms with E-state index in [1.165, 1.54) is 4.90 Å². The zero-order valence-electron chi connectivity index (χ0n) is 8.90. The van der Waals surface area contributed by atoms with Gasteiger partial charge in [0.05, 0.1) is 6.61 Å². The van der Waals surface area contributed by atoms with E-state index in [0.29, 0.717) is 19.4 Å². The van der Waals surface area contributed by atoms with Crippen LogP contribution in [0.5, 0.6) is 0 Å². The molecule has 0 atom stereocenters. The molecular formula is C10H17NO4. The van der Waals surface area contributed by atoms with E-state index in [9.17, 15) is 9.59 Å². The van der Waals surface area contributed by atoms with Gasteiger partial charge in [0, 0.05) is 13.1 Å². The van der Waals surface area contributed by atoms with E-state index in [1.54, 1.807) is 6.92 Å². The van der Waals surface area contributed by atoms with Gasteiger partial charge in [-0.3, -0.25) is 9.59 Å². The standard InChI is InChI=1S/C10H17NO4/c1-2-11(6-7-12)8(13)10(9(14)15)4-3-5-10/h12H,2-7H2,1H3,(H,14,15). The molecule has 0 aromatic carbocycles. The van der Waals surface area contributed by atoms with Crippen LogP contribution < -0.4 is 0 Å². The zero-order valence-corrected chi connectivity index (χ0v) is 8.90. The lowest BCUT2D eigenvalue weighted by molar-refractivity contribution is -0.167. The number of carboxylic acid groups (broad SMARTS) is 1. The number of nitrogens with zero attached hydrogens (tertiary/aromatic N) is 1. The van der Waals surface area contributed by atoms with Gasteiger partial charge in [0.15, 0.2) is 0 Å². The predicted molar refractivity (Wildman–Crippen MR) is 53.3 cm³/mol. The van der Waals surface area contributed by atoms with E-state index < -0.39 is 11.4 Å². The van der Waals surface area contributed by atoms with Crippen molar-refractivity contribution in [2.45, 2.75) is 26.2 Å². The third kappa shape index (κ3) is 1.97. The van der Waals surface area contributed by atoms with Crippen LogP contribution in [0, 0.1) is 5.41 Å². The van der Waals surface area contributed by atoms with Crippen molar-refractivity contribution in [1.29, 1.82) is 0 Å². The number of aliphatic hydroxyl groups is 1. The van der Waals surface area contributed by atoms with Gasteiger partial charge in [-0.15, -0.1) is 0 Å². The summed E-state index contributed by atoms with van der Waals surface area (Å²) < 4.78 is 0. The Labute approximate surface area is 88.7 Å². The number of aliphatic carboxylic acids is 1. The van der Waals surface area contributed by atoms with Gasteiger partial charge in [-0.25, -0.2) is 0 Å². The molecule has 15 heavy (non-hydrogen) atoms. The third-order valence-electron chi connectivity index (χ3n) is 3.06. The second-order valence-electron chi connectivity index (χ2n) is 3.85. The van der Waals surface area contributed by atoms with Crippen LogP contribution in [0.2, 0.25) is 0 Å². The molecule has 1 aliphatic rings. The number of hydrogen-bond donors (Lipinski definition) is 2. The van der Waals surface area contributed by atoms with Crippen LogP contribution in [-0.2, 0) is 9.59 Å². The molecule has 1 rings (SSSR count). The number of likely N-dealkylation sites (N-methyl/N-ethyl adjacent to an activating group) is 1. The zero-order chi connectivity index (χ0) is 11.5. The molecule has 5 heteroatoms. The van der Waals surface area contributed by atoms with Gasteiger partial charge in [0.2, 0.25) is 5.91 Å². The Hall–Kier alpha value is -1.10. The lowest BCUT2D eigenvalue weighted by Crippen LogP contribution is -2.53. The number of amides is 1. The highest BCUT2D eigenvalue weighted by atomic mass is 16.4. The van der Waals surface area contributed by atoms with Crippen LogP contribution in [0.1, 0.15) is 26.2 Å². The minimum atomic E-state index is -1.20. The first-order valence-electron chi connectivity index (χ1n) is 5.22. The van der Waals surface area contributed by atoms with Crippen LogP contribution in [0.25, 0.3) is 0 Å². The Morgan fingerprint density at radius 1 is 1.40 bits per heavy atom. The van der Waals surface area contributed by atoms with Crippen molar-refractivity contribution in [2.24, 2.45) is 5.41 Å². The van der Waals surface area contributed by atoms with E-state index in [0.717, 1.165) is 6.42 Å². The molecule has 0 aliphatic heterocycles. The van der Waals surface area contributed by atoms with Crippen molar-refractivity contribution in [3.63, 3.8) is 0 Å². The summed E-state index contributed by atoms with van der Waals surface area (Å²) in [5.74, 6) is -1.38. The molecule has 0 radical (unpaired) electrons. The second-order valence-corrected chi connectivity index (χ2v) is 3.85. The van der Waals surface area contributed by atoms with E-state index in [-0.39, 0.29) is 19.1 Å². The second kappa shape index (κ2) is 4.61. The molecule has 1 saturated carbocycles. The molecule has 0 bridgehead atoms. The SMILES string of the molecule is CCN(CCO)C(=O)C1(C(=O)O)CCC1. The van der Waals surface area contributed by atoms with Crippen LogP contribution in [0.15, 0.2) is 0 Å². The van der Waals surface area contributed by atoms with E-state index >= 15 is 0 Å². The molecule has 0 heterocycles. The summed E-state index contributed by atoms with van der Waals surface area (Å²) >= 11 is 0. The summed E-state index contributed by atoms with van der Waals surface area (Å²) in [4.78, 5) is 24.4. The first-order chi connectivity index (χ1) is 7.08. The highest BCUT2D eigenvalue weighted by Crippen LogP contribution is 2.42. The van der Waals surface area contributed by atoms with Gasteiger partial charge in [0.25, 0.3) is 0 Å².